The number of carboxylic acid groups (broad SMARTS) is 1. The fourth-order valence-electron chi connectivity index (χ4n) is 3.17. The van der Waals surface area contributed by atoms with Crippen molar-refractivity contribution in [3.63, 3.8) is 0 Å². The molecule has 32 heavy (non-hydrogen) atoms. The van der Waals surface area contributed by atoms with Crippen LogP contribution in [-0.2, 0) is 17.9 Å². The van der Waals surface area contributed by atoms with Gasteiger partial charge in [-0.05, 0) is 34.6 Å². The second-order valence-electron chi connectivity index (χ2n) is 8.18. The van der Waals surface area contributed by atoms with Crippen molar-refractivity contribution in [1.29, 1.82) is 0 Å². The largest absolute Gasteiger partial charge is 0.490 e. The first-order valence-corrected chi connectivity index (χ1v) is 10.2. The van der Waals surface area contributed by atoms with Crippen molar-refractivity contribution in [2.45, 2.75) is 72.0 Å². The second kappa shape index (κ2) is 10.2. The van der Waals surface area contributed by atoms with Gasteiger partial charge in [-0.1, -0.05) is 0 Å². The van der Waals surface area contributed by atoms with Gasteiger partial charge >= 0.3 is 12.1 Å². The van der Waals surface area contributed by atoms with Crippen LogP contribution >= 0.6 is 0 Å². The lowest BCUT2D eigenvalue weighted by Gasteiger charge is -2.33. The number of hydrogen-bond acceptors (Lipinski definition) is 5. The molecule has 0 aliphatic carbocycles. The van der Waals surface area contributed by atoms with E-state index in [2.05, 4.69) is 51.8 Å². The van der Waals surface area contributed by atoms with E-state index in [4.69, 9.17) is 9.90 Å². The minimum atomic E-state index is -5.08. The lowest BCUT2D eigenvalue weighted by molar-refractivity contribution is -0.192. The van der Waals surface area contributed by atoms with E-state index in [0.29, 0.717) is 11.7 Å². The lowest BCUT2D eigenvalue weighted by atomic mass is 10.2. The molecule has 0 spiro atoms. The topological polar surface area (TPSA) is 105 Å². The summed E-state index contributed by atoms with van der Waals surface area (Å²) < 4.78 is 35.8. The number of rotatable bonds is 5. The van der Waals surface area contributed by atoms with Gasteiger partial charge in [-0.2, -0.15) is 18.3 Å². The monoisotopic (exact) mass is 458 g/mol. The summed E-state index contributed by atoms with van der Waals surface area (Å²) in [5, 5.41) is 14.5. The summed E-state index contributed by atoms with van der Waals surface area (Å²) in [5.74, 6) is -1.90. The van der Waals surface area contributed by atoms with Crippen LogP contribution in [0.5, 0.6) is 0 Å². The molecule has 2 aromatic heterocycles. The predicted molar refractivity (Wildman–Crippen MR) is 110 cm³/mol. The molecular formula is C20H29F3N6O3. The number of nitrogens with zero attached hydrogens (tertiary/aromatic N) is 5. The van der Waals surface area contributed by atoms with Crippen molar-refractivity contribution in [3.05, 3.63) is 35.7 Å². The number of carbonyl (C=O) groups is 2. The molecule has 0 radical (unpaired) electrons. The van der Waals surface area contributed by atoms with E-state index in [1.165, 1.54) is 5.56 Å². The summed E-state index contributed by atoms with van der Waals surface area (Å²) in [4.78, 5) is 28.1. The van der Waals surface area contributed by atoms with Crippen molar-refractivity contribution >= 4 is 11.9 Å². The van der Waals surface area contributed by atoms with Crippen LogP contribution in [0.1, 0.15) is 68.6 Å². The van der Waals surface area contributed by atoms with Crippen molar-refractivity contribution in [2.24, 2.45) is 0 Å². The summed E-state index contributed by atoms with van der Waals surface area (Å²) in [6.45, 7) is 12.9. The molecule has 2 N–H and O–H groups in total. The highest BCUT2D eigenvalue weighted by Gasteiger charge is 2.38. The Bertz CT molecular complexity index is 935. The van der Waals surface area contributed by atoms with Gasteiger partial charge in [-0.25, -0.2) is 9.78 Å². The van der Waals surface area contributed by atoms with Gasteiger partial charge < -0.3 is 15.0 Å². The van der Waals surface area contributed by atoms with Crippen molar-refractivity contribution in [2.75, 3.05) is 6.54 Å². The maximum Gasteiger partial charge on any atom is 0.490 e. The summed E-state index contributed by atoms with van der Waals surface area (Å²) >= 11 is 0. The molecule has 0 saturated carbocycles. The van der Waals surface area contributed by atoms with E-state index in [1.807, 2.05) is 30.9 Å². The molecule has 178 valence electrons. The first-order valence-electron chi connectivity index (χ1n) is 10.2. The fourth-order valence-corrected chi connectivity index (χ4v) is 3.17. The Hall–Kier alpha value is -2.89. The van der Waals surface area contributed by atoms with E-state index in [0.717, 1.165) is 25.5 Å². The number of aromatic nitrogens is 4. The summed E-state index contributed by atoms with van der Waals surface area (Å²) in [5.41, 5.74) is 1.71. The number of alkyl halides is 3. The molecule has 3 rings (SSSR count). The van der Waals surface area contributed by atoms with Gasteiger partial charge in [0.25, 0.3) is 5.91 Å². The lowest BCUT2D eigenvalue weighted by Crippen LogP contribution is -2.36. The molecule has 0 fully saturated rings. The highest BCUT2D eigenvalue weighted by atomic mass is 19.4. The zero-order valence-electron chi connectivity index (χ0n) is 18.7. The summed E-state index contributed by atoms with van der Waals surface area (Å²) in [6, 6.07) is 0.642. The zero-order valence-corrected chi connectivity index (χ0v) is 18.7. The maximum absolute atomic E-state index is 12.2. The Morgan fingerprint density at radius 2 is 1.84 bits per heavy atom. The van der Waals surface area contributed by atoms with Crippen molar-refractivity contribution in [3.8, 4) is 0 Å². The molecule has 0 bridgehead atoms. The number of fused-ring (bicyclic) bond motifs is 1. The van der Waals surface area contributed by atoms with Gasteiger partial charge in [0.15, 0.2) is 0 Å². The smallest absolute Gasteiger partial charge is 0.475 e. The highest BCUT2D eigenvalue weighted by molar-refractivity contribution is 5.92. The molecule has 1 amide bonds. The molecule has 3 heterocycles. The molecule has 1 aliphatic rings. The molecule has 1 aliphatic heterocycles. The average Bonchev–Trinajstić information content (AvgIpc) is 3.31. The zero-order chi connectivity index (χ0) is 24.2. The Morgan fingerprint density at radius 1 is 1.22 bits per heavy atom. The highest BCUT2D eigenvalue weighted by Crippen LogP contribution is 2.26. The van der Waals surface area contributed by atoms with Crippen LogP contribution in [0.3, 0.4) is 0 Å². The molecule has 0 aromatic carbocycles. The summed E-state index contributed by atoms with van der Waals surface area (Å²) in [7, 11) is 0. The van der Waals surface area contributed by atoms with E-state index >= 15 is 0 Å². The van der Waals surface area contributed by atoms with Gasteiger partial charge in [0.1, 0.15) is 11.5 Å². The van der Waals surface area contributed by atoms with Crippen LogP contribution in [0.25, 0.3) is 0 Å². The molecule has 0 saturated heterocycles. The first kappa shape index (κ1) is 25.4. The Morgan fingerprint density at radius 3 is 2.34 bits per heavy atom. The van der Waals surface area contributed by atoms with Crippen LogP contribution in [0.15, 0.2) is 18.6 Å². The van der Waals surface area contributed by atoms with Crippen LogP contribution in [0.4, 0.5) is 13.2 Å². The minimum Gasteiger partial charge on any atom is -0.475 e. The Kier molecular flexibility index (Phi) is 8.05. The second-order valence-corrected chi connectivity index (χ2v) is 8.18. The third-order valence-corrected chi connectivity index (χ3v) is 4.82. The predicted octanol–water partition coefficient (Wildman–Crippen LogP) is 3.01. The quantitative estimate of drug-likeness (QED) is 0.714. The van der Waals surface area contributed by atoms with Gasteiger partial charge in [0.2, 0.25) is 0 Å². The average molecular weight is 458 g/mol. The van der Waals surface area contributed by atoms with Crippen LogP contribution < -0.4 is 5.32 Å². The number of halogens is 3. The molecular weight excluding hydrogens is 429 g/mol. The summed E-state index contributed by atoms with van der Waals surface area (Å²) in [6.07, 6.45) is 0.840. The van der Waals surface area contributed by atoms with Crippen LogP contribution in [0.2, 0.25) is 0 Å². The third-order valence-electron chi connectivity index (χ3n) is 4.82. The molecule has 1 atom stereocenters. The van der Waals surface area contributed by atoms with Gasteiger partial charge in [-0.15, -0.1) is 0 Å². The molecule has 2 aromatic rings. The van der Waals surface area contributed by atoms with Crippen molar-refractivity contribution < 1.29 is 27.9 Å². The number of carboxylic acids is 1. The van der Waals surface area contributed by atoms with E-state index in [9.17, 15) is 18.0 Å². The van der Waals surface area contributed by atoms with E-state index in [1.54, 1.807) is 0 Å². The van der Waals surface area contributed by atoms with E-state index < -0.39 is 12.1 Å². The number of hydrogen-bond donors (Lipinski definition) is 2. The normalized spacial score (nSPS) is 16.5. The van der Waals surface area contributed by atoms with Crippen LogP contribution in [-0.4, -0.2) is 60.0 Å². The molecule has 9 nitrogen and oxygen atoms in total. The number of nitrogens with one attached hydrogen (secondary N) is 1. The number of carbonyl (C=O) groups excluding carboxylic acids is 1. The Balaban J connectivity index is 0.000000451. The fraction of sp³-hybridized carbons (Fsp3) is 0.600. The van der Waals surface area contributed by atoms with E-state index in [-0.39, 0.29) is 18.0 Å². The van der Waals surface area contributed by atoms with Gasteiger partial charge in [0, 0.05) is 49.7 Å². The third kappa shape index (κ3) is 6.55. The molecule has 1 unspecified atom stereocenters. The van der Waals surface area contributed by atoms with Gasteiger partial charge in [0.05, 0.1) is 12.2 Å². The number of amides is 1. The van der Waals surface area contributed by atoms with Crippen LogP contribution in [0, 0.1) is 0 Å². The number of imidazole rings is 1. The SMILES string of the molecule is CC(C)NC(=O)c1cn2c(n1)C(C)N(Cc1cnn(C(C)C)c1)CC2.O=C(O)C(F)(F)F. The standard InChI is InChI=1S/C18H28N6O.C2HF3O2/c1-12(2)20-18(25)16-11-23-7-6-22(14(5)17(23)21-16)9-15-8-19-24(10-15)13(3)4;3-2(4,5)1(6)7/h8,10-14H,6-7,9H2,1-5H3,(H,20,25);(H,6,7). The number of aliphatic carboxylic acids is 1. The Labute approximate surface area is 184 Å². The van der Waals surface area contributed by atoms with Gasteiger partial charge in [-0.3, -0.25) is 14.4 Å². The maximum atomic E-state index is 12.2. The minimum absolute atomic E-state index is 0.103. The molecule has 12 heteroatoms. The van der Waals surface area contributed by atoms with Crippen molar-refractivity contribution in [1.82, 2.24) is 29.5 Å². The first-order chi connectivity index (χ1) is 14.8.